The minimum Gasteiger partial charge on any atom is -0.482 e. The highest BCUT2D eigenvalue weighted by molar-refractivity contribution is 7.99. The molecule has 2 aromatic heterocycles. The highest BCUT2D eigenvalue weighted by Gasteiger charge is 2.19. The number of benzene rings is 2. The first-order valence-electron chi connectivity index (χ1n) is 10.4. The van der Waals surface area contributed by atoms with Gasteiger partial charge >= 0.3 is 0 Å². The number of hydrogen-bond acceptors (Lipinski definition) is 7. The summed E-state index contributed by atoms with van der Waals surface area (Å²) in [6.45, 7) is 3.83. The van der Waals surface area contributed by atoms with E-state index < -0.39 is 0 Å². The van der Waals surface area contributed by atoms with Crippen molar-refractivity contribution in [2.75, 3.05) is 11.1 Å². The molecule has 1 atom stereocenters. The number of hydrogen-bond donors (Lipinski definition) is 1. The summed E-state index contributed by atoms with van der Waals surface area (Å²) in [5, 5.41) is 15.9. The molecule has 0 fully saturated rings. The summed E-state index contributed by atoms with van der Waals surface area (Å²) in [5.74, 6) is 1.31. The van der Waals surface area contributed by atoms with Gasteiger partial charge in [0.2, 0.25) is 5.91 Å². The second-order valence-corrected chi connectivity index (χ2v) is 10.6. The molecule has 4 rings (SSSR count). The van der Waals surface area contributed by atoms with Crippen molar-refractivity contribution in [1.29, 1.82) is 0 Å². The first-order chi connectivity index (χ1) is 16.7. The van der Waals surface area contributed by atoms with E-state index >= 15 is 0 Å². The van der Waals surface area contributed by atoms with Crippen LogP contribution in [0.1, 0.15) is 24.4 Å². The van der Waals surface area contributed by atoms with Crippen molar-refractivity contribution in [2.45, 2.75) is 25.1 Å². The zero-order valence-corrected chi connectivity index (χ0v) is 22.8. The highest BCUT2D eigenvalue weighted by Crippen LogP contribution is 2.32. The summed E-state index contributed by atoms with van der Waals surface area (Å²) in [5.41, 5.74) is 2.35. The number of thiazole rings is 1. The number of aromatic nitrogens is 4. The first-order valence-corrected chi connectivity index (χ1v) is 13.4. The Kier molecular flexibility index (Phi) is 8.23. The smallest absolute Gasteiger partial charge is 0.236 e. The molecular weight excluding hydrogens is 549 g/mol. The molecule has 2 aromatic carbocycles. The van der Waals surface area contributed by atoms with E-state index in [9.17, 15) is 4.79 Å². The summed E-state index contributed by atoms with van der Waals surface area (Å²) in [6, 6.07) is 10.7. The number of amides is 1. The first kappa shape index (κ1) is 25.8. The highest BCUT2D eigenvalue weighted by atomic mass is 35.5. The molecule has 1 amide bonds. The molecule has 0 aliphatic heterocycles. The second-order valence-electron chi connectivity index (χ2n) is 7.57. The number of nitrogens with one attached hydrogen (secondary N) is 1. The third kappa shape index (κ3) is 6.29. The van der Waals surface area contributed by atoms with Gasteiger partial charge in [-0.05, 0) is 55.8 Å². The minimum atomic E-state index is -0.344. The van der Waals surface area contributed by atoms with E-state index in [0.717, 1.165) is 16.9 Å². The number of nitrogens with zero attached hydrogens (tertiary/aromatic N) is 4. The summed E-state index contributed by atoms with van der Waals surface area (Å²) in [4.78, 5) is 17.0. The number of ether oxygens (including phenoxy) is 1. The van der Waals surface area contributed by atoms with E-state index in [1.807, 2.05) is 43.0 Å². The molecule has 0 spiro atoms. The van der Waals surface area contributed by atoms with Crippen LogP contribution in [0.4, 0.5) is 5.13 Å². The van der Waals surface area contributed by atoms with Gasteiger partial charge in [-0.2, -0.15) is 0 Å². The molecule has 1 N–H and O–H groups in total. The Morgan fingerprint density at radius 1 is 1.17 bits per heavy atom. The van der Waals surface area contributed by atoms with E-state index in [1.54, 1.807) is 24.3 Å². The van der Waals surface area contributed by atoms with Gasteiger partial charge in [-0.1, -0.05) is 46.6 Å². The van der Waals surface area contributed by atoms with Gasteiger partial charge in [0.25, 0.3) is 0 Å². The Hall–Kier alpha value is -2.30. The fourth-order valence-electron chi connectivity index (χ4n) is 3.23. The van der Waals surface area contributed by atoms with Crippen molar-refractivity contribution in [3.63, 3.8) is 0 Å². The number of aryl methyl sites for hydroxylation is 1. The quantitative estimate of drug-likeness (QED) is 0.229. The predicted octanol–water partition coefficient (Wildman–Crippen LogP) is 7.08. The van der Waals surface area contributed by atoms with Crippen molar-refractivity contribution in [2.24, 2.45) is 7.05 Å². The molecule has 2 heterocycles. The Morgan fingerprint density at radius 2 is 1.91 bits per heavy atom. The van der Waals surface area contributed by atoms with Gasteiger partial charge in [-0.15, -0.1) is 21.5 Å². The summed E-state index contributed by atoms with van der Waals surface area (Å²) in [7, 11) is 1.84. The molecule has 12 heteroatoms. The lowest BCUT2D eigenvalue weighted by atomic mass is 10.2. The van der Waals surface area contributed by atoms with Crippen LogP contribution < -0.4 is 10.1 Å². The van der Waals surface area contributed by atoms with E-state index in [2.05, 4.69) is 20.5 Å². The van der Waals surface area contributed by atoms with Crippen LogP contribution in [-0.2, 0) is 11.8 Å². The number of anilines is 1. The maximum Gasteiger partial charge on any atom is 0.236 e. The molecule has 0 radical (unpaired) electrons. The standard InChI is InChI=1S/C23H20Cl3N5O2S2/c1-12-8-14(24)5-7-19(12)33-13(2)21-29-30-23(31(21)3)35-11-20(32)28-22-27-18(10-34-22)16-6-4-15(25)9-17(16)26/h4-10,13H,11H2,1-3H3,(H,27,28,32). The van der Waals surface area contributed by atoms with Crippen LogP contribution in [0.5, 0.6) is 5.75 Å². The topological polar surface area (TPSA) is 81.9 Å². The maximum absolute atomic E-state index is 12.5. The Labute approximate surface area is 225 Å². The monoisotopic (exact) mass is 567 g/mol. The van der Waals surface area contributed by atoms with Crippen molar-refractivity contribution in [3.8, 4) is 17.0 Å². The van der Waals surface area contributed by atoms with Gasteiger partial charge < -0.3 is 14.6 Å². The van der Waals surface area contributed by atoms with Gasteiger partial charge in [0, 0.05) is 28.0 Å². The van der Waals surface area contributed by atoms with E-state index in [0.29, 0.717) is 36.9 Å². The lowest BCUT2D eigenvalue weighted by Gasteiger charge is -2.16. The average molecular weight is 569 g/mol. The molecule has 182 valence electrons. The van der Waals surface area contributed by atoms with Gasteiger partial charge in [-0.3, -0.25) is 4.79 Å². The number of carbonyl (C=O) groups is 1. The fraction of sp³-hybridized carbons (Fsp3) is 0.217. The van der Waals surface area contributed by atoms with Crippen LogP contribution in [0, 0.1) is 6.92 Å². The maximum atomic E-state index is 12.5. The lowest BCUT2D eigenvalue weighted by molar-refractivity contribution is -0.113. The molecule has 0 aliphatic carbocycles. The van der Waals surface area contributed by atoms with Crippen LogP contribution in [0.2, 0.25) is 15.1 Å². The van der Waals surface area contributed by atoms with Gasteiger partial charge in [0.05, 0.1) is 16.5 Å². The Morgan fingerprint density at radius 3 is 2.66 bits per heavy atom. The molecule has 0 saturated heterocycles. The fourth-order valence-corrected chi connectivity index (χ4v) is 5.41. The van der Waals surface area contributed by atoms with Gasteiger partial charge in [0.1, 0.15) is 5.75 Å². The number of rotatable bonds is 8. The number of thioether (sulfide) groups is 1. The molecule has 4 aromatic rings. The molecule has 0 aliphatic rings. The summed E-state index contributed by atoms with van der Waals surface area (Å²) < 4.78 is 7.86. The average Bonchev–Trinajstić information content (AvgIpc) is 3.40. The molecule has 0 saturated carbocycles. The molecule has 1 unspecified atom stereocenters. The number of halogens is 3. The Bertz CT molecular complexity index is 1380. The zero-order valence-electron chi connectivity index (χ0n) is 18.9. The van der Waals surface area contributed by atoms with Crippen LogP contribution in [-0.4, -0.2) is 31.4 Å². The van der Waals surface area contributed by atoms with E-state index in [4.69, 9.17) is 39.5 Å². The van der Waals surface area contributed by atoms with Crippen molar-refractivity contribution < 1.29 is 9.53 Å². The van der Waals surface area contributed by atoms with Crippen LogP contribution >= 0.6 is 57.9 Å². The van der Waals surface area contributed by atoms with Crippen molar-refractivity contribution in [3.05, 3.63) is 68.2 Å². The SMILES string of the molecule is Cc1cc(Cl)ccc1OC(C)c1nnc(SCC(=O)Nc2nc(-c3ccc(Cl)cc3Cl)cs2)n1C. The van der Waals surface area contributed by atoms with Crippen molar-refractivity contribution >= 4 is 68.9 Å². The van der Waals surface area contributed by atoms with Crippen LogP contribution in [0.3, 0.4) is 0 Å². The second kappa shape index (κ2) is 11.2. The van der Waals surface area contributed by atoms with Gasteiger partial charge in [0.15, 0.2) is 22.2 Å². The van der Waals surface area contributed by atoms with Gasteiger partial charge in [-0.25, -0.2) is 4.98 Å². The Balaban J connectivity index is 1.34. The molecule has 35 heavy (non-hydrogen) atoms. The van der Waals surface area contributed by atoms with E-state index in [1.165, 1.54) is 23.1 Å². The lowest BCUT2D eigenvalue weighted by Crippen LogP contribution is -2.14. The predicted molar refractivity (Wildman–Crippen MR) is 143 cm³/mol. The van der Waals surface area contributed by atoms with Crippen LogP contribution in [0.15, 0.2) is 46.9 Å². The largest absolute Gasteiger partial charge is 0.482 e. The van der Waals surface area contributed by atoms with Crippen LogP contribution in [0.25, 0.3) is 11.3 Å². The molecule has 7 nitrogen and oxygen atoms in total. The zero-order chi connectivity index (χ0) is 25.1. The van der Waals surface area contributed by atoms with E-state index in [-0.39, 0.29) is 17.8 Å². The molecule has 0 bridgehead atoms. The number of carbonyl (C=O) groups excluding carboxylic acids is 1. The third-order valence-corrected chi connectivity index (χ3v) is 7.52. The summed E-state index contributed by atoms with van der Waals surface area (Å²) in [6.07, 6.45) is -0.344. The normalized spacial score (nSPS) is 11.9. The molecular formula is C23H20Cl3N5O2S2. The van der Waals surface area contributed by atoms with Crippen molar-refractivity contribution in [1.82, 2.24) is 19.7 Å². The summed E-state index contributed by atoms with van der Waals surface area (Å²) >= 11 is 20.8. The third-order valence-electron chi connectivity index (χ3n) is 4.96. The minimum absolute atomic E-state index is 0.147.